The van der Waals surface area contributed by atoms with Crippen LogP contribution in [-0.4, -0.2) is 4.98 Å². The minimum atomic E-state index is 0.711. The number of benzene rings is 1. The Labute approximate surface area is 95.2 Å². The molecule has 16 heavy (non-hydrogen) atoms. The largest absolute Gasteiger partial charge is 0.455 e. The fourth-order valence-corrected chi connectivity index (χ4v) is 1.42. The monoisotopic (exact) mass is 211 g/mol. The number of ether oxygens (including phenoxy) is 1. The number of hydrogen-bond acceptors (Lipinski definition) is 2. The molecule has 0 bridgehead atoms. The number of aromatic nitrogens is 1. The van der Waals surface area contributed by atoms with Crippen molar-refractivity contribution in [3.8, 4) is 11.5 Å². The molecule has 0 saturated carbocycles. The van der Waals surface area contributed by atoms with Gasteiger partial charge in [0.05, 0.1) is 5.69 Å². The molecule has 0 aliphatic carbocycles. The van der Waals surface area contributed by atoms with Gasteiger partial charge >= 0.3 is 0 Å². The fraction of sp³-hybridized carbons (Fsp3) is 0.0714. The zero-order valence-corrected chi connectivity index (χ0v) is 8.97. The Bertz CT molecular complexity index is 465. The molecule has 0 spiro atoms. The highest BCUT2D eigenvalue weighted by Crippen LogP contribution is 2.23. The molecular weight excluding hydrogens is 198 g/mol. The van der Waals surface area contributed by atoms with Crippen LogP contribution in [0.2, 0.25) is 0 Å². The standard InChI is InChI=1S/C14H13NO/c1-2-7-13-14(10-6-11-15-13)16-12-8-4-3-5-9-12/h2-6,8-11H,1,7H2. The highest BCUT2D eigenvalue weighted by atomic mass is 16.5. The van der Waals surface area contributed by atoms with Gasteiger partial charge in [0.25, 0.3) is 0 Å². The summed E-state index contributed by atoms with van der Waals surface area (Å²) < 4.78 is 5.75. The second-order valence-corrected chi connectivity index (χ2v) is 3.36. The third-order valence-electron chi connectivity index (χ3n) is 2.16. The number of hydrogen-bond donors (Lipinski definition) is 0. The van der Waals surface area contributed by atoms with Crippen molar-refractivity contribution in [2.75, 3.05) is 0 Å². The summed E-state index contributed by atoms with van der Waals surface area (Å²) >= 11 is 0. The van der Waals surface area contributed by atoms with E-state index >= 15 is 0 Å². The van der Waals surface area contributed by atoms with Crippen LogP contribution in [0.15, 0.2) is 61.3 Å². The SMILES string of the molecule is C=CCc1ncccc1Oc1ccccc1. The maximum absolute atomic E-state index is 5.75. The van der Waals surface area contributed by atoms with Crippen LogP contribution in [0.4, 0.5) is 0 Å². The summed E-state index contributed by atoms with van der Waals surface area (Å²) in [5.41, 5.74) is 0.904. The number of rotatable bonds is 4. The summed E-state index contributed by atoms with van der Waals surface area (Å²) in [4.78, 5) is 4.27. The molecule has 2 heteroatoms. The van der Waals surface area contributed by atoms with Gasteiger partial charge < -0.3 is 4.74 Å². The first-order valence-electron chi connectivity index (χ1n) is 5.18. The van der Waals surface area contributed by atoms with Crippen LogP contribution in [-0.2, 0) is 6.42 Å². The molecule has 1 heterocycles. The molecule has 0 aliphatic heterocycles. The summed E-state index contributed by atoms with van der Waals surface area (Å²) in [5.74, 6) is 1.61. The summed E-state index contributed by atoms with van der Waals surface area (Å²) in [6.07, 6.45) is 4.29. The molecule has 80 valence electrons. The lowest BCUT2D eigenvalue weighted by atomic mass is 10.2. The number of para-hydroxylation sites is 1. The third-order valence-corrected chi connectivity index (χ3v) is 2.16. The molecule has 0 unspecified atom stereocenters. The summed E-state index contributed by atoms with van der Waals surface area (Å²) in [6.45, 7) is 3.71. The molecule has 2 aromatic rings. The molecule has 0 atom stereocenters. The van der Waals surface area contributed by atoms with E-state index in [1.54, 1.807) is 6.20 Å². The molecular formula is C14H13NO. The molecule has 0 saturated heterocycles. The molecule has 2 nitrogen and oxygen atoms in total. The van der Waals surface area contributed by atoms with Gasteiger partial charge in [0.2, 0.25) is 0 Å². The number of nitrogens with zero attached hydrogens (tertiary/aromatic N) is 1. The fourth-order valence-electron chi connectivity index (χ4n) is 1.42. The first kappa shape index (κ1) is 10.4. The summed E-state index contributed by atoms with van der Waals surface area (Å²) in [6, 6.07) is 13.5. The van der Waals surface area contributed by atoms with E-state index in [0.29, 0.717) is 6.42 Å². The van der Waals surface area contributed by atoms with Crippen molar-refractivity contribution in [2.45, 2.75) is 6.42 Å². The molecule has 1 aromatic heterocycles. The van der Waals surface area contributed by atoms with Gasteiger partial charge in [0, 0.05) is 12.6 Å². The number of pyridine rings is 1. The lowest BCUT2D eigenvalue weighted by Gasteiger charge is -2.08. The second kappa shape index (κ2) is 5.12. The topological polar surface area (TPSA) is 22.1 Å². The van der Waals surface area contributed by atoms with Crippen molar-refractivity contribution < 1.29 is 4.74 Å². The lowest BCUT2D eigenvalue weighted by Crippen LogP contribution is -1.93. The van der Waals surface area contributed by atoms with Gasteiger partial charge in [-0.2, -0.15) is 0 Å². The lowest BCUT2D eigenvalue weighted by molar-refractivity contribution is 0.474. The molecule has 0 amide bonds. The van der Waals surface area contributed by atoms with E-state index in [2.05, 4.69) is 11.6 Å². The van der Waals surface area contributed by atoms with Crippen molar-refractivity contribution in [3.05, 3.63) is 67.0 Å². The molecule has 0 radical (unpaired) electrons. The van der Waals surface area contributed by atoms with Crippen LogP contribution in [0, 0.1) is 0 Å². The maximum atomic E-state index is 5.75. The van der Waals surface area contributed by atoms with Crippen LogP contribution in [0.3, 0.4) is 0 Å². The van der Waals surface area contributed by atoms with E-state index in [9.17, 15) is 0 Å². The van der Waals surface area contributed by atoms with E-state index in [0.717, 1.165) is 17.2 Å². The average Bonchev–Trinajstić information content (AvgIpc) is 2.33. The van der Waals surface area contributed by atoms with E-state index in [1.807, 2.05) is 48.5 Å². The van der Waals surface area contributed by atoms with Gasteiger partial charge in [-0.05, 0) is 24.3 Å². The molecule has 0 aliphatic rings. The normalized spacial score (nSPS) is 9.75. The number of allylic oxidation sites excluding steroid dienone is 1. The van der Waals surface area contributed by atoms with Crippen LogP contribution in [0.25, 0.3) is 0 Å². The quantitative estimate of drug-likeness (QED) is 0.721. The highest BCUT2D eigenvalue weighted by Gasteiger charge is 2.03. The maximum Gasteiger partial charge on any atom is 0.149 e. The van der Waals surface area contributed by atoms with Crippen molar-refractivity contribution in [3.63, 3.8) is 0 Å². The minimum absolute atomic E-state index is 0.711. The second-order valence-electron chi connectivity index (χ2n) is 3.36. The van der Waals surface area contributed by atoms with Crippen LogP contribution in [0.1, 0.15) is 5.69 Å². The van der Waals surface area contributed by atoms with E-state index in [1.165, 1.54) is 0 Å². The molecule has 2 rings (SSSR count). The smallest absolute Gasteiger partial charge is 0.149 e. The van der Waals surface area contributed by atoms with Gasteiger partial charge in [0.1, 0.15) is 11.5 Å². The predicted octanol–water partition coefficient (Wildman–Crippen LogP) is 3.60. The molecule has 1 aromatic carbocycles. The first-order valence-corrected chi connectivity index (χ1v) is 5.18. The van der Waals surface area contributed by atoms with Crippen LogP contribution < -0.4 is 4.74 Å². The summed E-state index contributed by atoms with van der Waals surface area (Å²) in [7, 11) is 0. The van der Waals surface area contributed by atoms with Gasteiger partial charge in [-0.25, -0.2) is 0 Å². The molecule has 0 fully saturated rings. The summed E-state index contributed by atoms with van der Waals surface area (Å²) in [5, 5.41) is 0. The Balaban J connectivity index is 2.24. The molecule has 0 N–H and O–H groups in total. The first-order chi connectivity index (χ1) is 7.90. The van der Waals surface area contributed by atoms with Crippen molar-refractivity contribution in [1.29, 1.82) is 0 Å². The third kappa shape index (κ3) is 2.48. The van der Waals surface area contributed by atoms with E-state index < -0.39 is 0 Å². The van der Waals surface area contributed by atoms with Crippen molar-refractivity contribution in [1.82, 2.24) is 4.98 Å². The minimum Gasteiger partial charge on any atom is -0.455 e. The van der Waals surface area contributed by atoms with Gasteiger partial charge in [-0.1, -0.05) is 24.3 Å². The predicted molar refractivity (Wildman–Crippen MR) is 64.7 cm³/mol. The van der Waals surface area contributed by atoms with Gasteiger partial charge in [-0.15, -0.1) is 6.58 Å². The van der Waals surface area contributed by atoms with E-state index in [-0.39, 0.29) is 0 Å². The zero-order chi connectivity index (χ0) is 11.2. The Morgan fingerprint density at radius 3 is 2.69 bits per heavy atom. The van der Waals surface area contributed by atoms with Gasteiger partial charge in [-0.3, -0.25) is 4.98 Å². The van der Waals surface area contributed by atoms with Crippen molar-refractivity contribution in [2.24, 2.45) is 0 Å². The van der Waals surface area contributed by atoms with E-state index in [4.69, 9.17) is 4.74 Å². The highest BCUT2D eigenvalue weighted by molar-refractivity contribution is 5.34. The van der Waals surface area contributed by atoms with Crippen LogP contribution in [0.5, 0.6) is 11.5 Å². The Kier molecular flexibility index (Phi) is 3.34. The van der Waals surface area contributed by atoms with Crippen molar-refractivity contribution >= 4 is 0 Å². The van der Waals surface area contributed by atoms with Gasteiger partial charge in [0.15, 0.2) is 0 Å². The Morgan fingerprint density at radius 2 is 1.94 bits per heavy atom. The average molecular weight is 211 g/mol. The van der Waals surface area contributed by atoms with Crippen LogP contribution >= 0.6 is 0 Å². The zero-order valence-electron chi connectivity index (χ0n) is 8.97. The Morgan fingerprint density at radius 1 is 1.12 bits per heavy atom. The Hall–Kier alpha value is -2.09.